The van der Waals surface area contributed by atoms with Crippen LogP contribution in [-0.2, 0) is 0 Å². The van der Waals surface area contributed by atoms with Crippen LogP contribution in [0.25, 0.3) is 11.5 Å². The van der Waals surface area contributed by atoms with Gasteiger partial charge in [-0.25, -0.2) is 10.4 Å². The average molecular weight is 352 g/mol. The summed E-state index contributed by atoms with van der Waals surface area (Å²) in [5.74, 6) is -1.88. The average Bonchev–Trinajstić information content (AvgIpc) is 2.65. The third kappa shape index (κ3) is 3.53. The first kappa shape index (κ1) is 16.8. The lowest BCUT2D eigenvalue weighted by Crippen LogP contribution is -2.18. The van der Waals surface area contributed by atoms with Crippen molar-refractivity contribution >= 4 is 12.1 Å². The molecule has 0 radical (unpaired) electrons. The smallest absolute Gasteiger partial charge is 0.278 e. The van der Waals surface area contributed by atoms with Gasteiger partial charge in [0.2, 0.25) is 5.88 Å². The molecule has 0 saturated heterocycles. The molecule has 3 aromatic rings. The molecule has 1 aromatic carbocycles. The number of benzene rings is 1. The van der Waals surface area contributed by atoms with Gasteiger partial charge in [-0.1, -0.05) is 6.07 Å². The number of aromatic nitrogens is 4. The fourth-order valence-corrected chi connectivity index (χ4v) is 1.95. The third-order valence-corrected chi connectivity index (χ3v) is 3.23. The van der Waals surface area contributed by atoms with Gasteiger partial charge in [0.15, 0.2) is 17.3 Å². The second kappa shape index (κ2) is 7.21. The number of phenols is 2. The van der Waals surface area contributed by atoms with Crippen LogP contribution >= 0.6 is 0 Å². The molecule has 130 valence electrons. The van der Waals surface area contributed by atoms with E-state index in [-0.39, 0.29) is 28.5 Å². The van der Waals surface area contributed by atoms with E-state index >= 15 is 0 Å². The van der Waals surface area contributed by atoms with E-state index in [9.17, 15) is 20.1 Å². The van der Waals surface area contributed by atoms with Gasteiger partial charge in [-0.2, -0.15) is 15.2 Å². The molecule has 0 aliphatic heterocycles. The van der Waals surface area contributed by atoms with E-state index < -0.39 is 11.8 Å². The Morgan fingerprint density at radius 2 is 2.00 bits per heavy atom. The first-order valence-electron chi connectivity index (χ1n) is 7.24. The number of aromatic hydroxyl groups is 3. The number of amides is 1. The number of hydrazone groups is 1. The number of nitrogens with one attached hydrogen (secondary N) is 1. The van der Waals surface area contributed by atoms with Gasteiger partial charge in [0, 0.05) is 18.0 Å². The van der Waals surface area contributed by atoms with Crippen LogP contribution in [0.4, 0.5) is 0 Å². The van der Waals surface area contributed by atoms with E-state index in [2.05, 4.69) is 30.7 Å². The Hall–Kier alpha value is -4.08. The number of carbonyl (C=O) groups excluding carboxylic acids is 1. The second-order valence-electron chi connectivity index (χ2n) is 4.95. The molecule has 0 aliphatic rings. The van der Waals surface area contributed by atoms with Gasteiger partial charge in [0.05, 0.1) is 6.21 Å². The van der Waals surface area contributed by atoms with Crippen LogP contribution in [0, 0.1) is 0 Å². The molecule has 0 aliphatic carbocycles. The number of rotatable bonds is 4. The zero-order chi connectivity index (χ0) is 18.5. The summed E-state index contributed by atoms with van der Waals surface area (Å²) in [6.07, 6.45) is 3.75. The molecule has 0 saturated carbocycles. The standard InChI is InChI=1S/C16H12N6O4/c23-12-5-1-3-9(13(12)24)7-19-22-16(26)10-8-17-14(20-15(10)25)11-4-2-6-18-21-11/h1-8,23-24H,(H,22,26)(H,17,20,25). The fraction of sp³-hybridized carbons (Fsp3) is 0. The molecule has 4 N–H and O–H groups in total. The van der Waals surface area contributed by atoms with Gasteiger partial charge in [0.1, 0.15) is 11.3 Å². The molecule has 0 fully saturated rings. The lowest BCUT2D eigenvalue weighted by Gasteiger charge is -2.04. The fourth-order valence-electron chi connectivity index (χ4n) is 1.95. The Kier molecular flexibility index (Phi) is 4.65. The zero-order valence-electron chi connectivity index (χ0n) is 13.1. The second-order valence-corrected chi connectivity index (χ2v) is 4.95. The molecule has 0 bridgehead atoms. The van der Waals surface area contributed by atoms with Crippen molar-refractivity contribution in [2.75, 3.05) is 0 Å². The molecular formula is C16H12N6O4. The Morgan fingerprint density at radius 1 is 1.15 bits per heavy atom. The van der Waals surface area contributed by atoms with Gasteiger partial charge in [-0.15, -0.1) is 5.10 Å². The van der Waals surface area contributed by atoms with Crippen LogP contribution < -0.4 is 5.43 Å². The number of hydrogen-bond acceptors (Lipinski definition) is 9. The molecule has 10 heteroatoms. The summed E-state index contributed by atoms with van der Waals surface area (Å²) < 4.78 is 0. The van der Waals surface area contributed by atoms with Crippen molar-refractivity contribution in [2.24, 2.45) is 5.10 Å². The van der Waals surface area contributed by atoms with Gasteiger partial charge < -0.3 is 15.3 Å². The molecular weight excluding hydrogens is 340 g/mol. The van der Waals surface area contributed by atoms with Crippen LogP contribution in [0.1, 0.15) is 15.9 Å². The van der Waals surface area contributed by atoms with E-state index in [4.69, 9.17) is 0 Å². The molecule has 26 heavy (non-hydrogen) atoms. The Bertz CT molecular complexity index is 978. The van der Waals surface area contributed by atoms with Gasteiger partial charge in [0.25, 0.3) is 5.91 Å². The topological polar surface area (TPSA) is 154 Å². The Morgan fingerprint density at radius 3 is 2.73 bits per heavy atom. The van der Waals surface area contributed by atoms with Gasteiger partial charge >= 0.3 is 0 Å². The number of carbonyl (C=O) groups is 1. The molecule has 3 rings (SSSR count). The molecule has 1 amide bonds. The summed E-state index contributed by atoms with van der Waals surface area (Å²) in [7, 11) is 0. The zero-order valence-corrected chi connectivity index (χ0v) is 13.1. The summed E-state index contributed by atoms with van der Waals surface area (Å²) in [5.41, 5.74) is 2.50. The Labute approximate surface area is 146 Å². The van der Waals surface area contributed by atoms with Crippen LogP contribution in [0.2, 0.25) is 0 Å². The largest absolute Gasteiger partial charge is 0.504 e. The van der Waals surface area contributed by atoms with Crippen molar-refractivity contribution in [1.29, 1.82) is 0 Å². The quantitative estimate of drug-likeness (QED) is 0.306. The maximum Gasteiger partial charge on any atom is 0.278 e. The lowest BCUT2D eigenvalue weighted by atomic mass is 10.2. The maximum absolute atomic E-state index is 12.1. The highest BCUT2D eigenvalue weighted by Crippen LogP contribution is 2.26. The normalized spacial score (nSPS) is 10.8. The molecule has 10 nitrogen and oxygen atoms in total. The van der Waals surface area contributed by atoms with Crippen LogP contribution in [-0.4, -0.2) is 47.6 Å². The van der Waals surface area contributed by atoms with E-state index in [1.807, 2.05) is 0 Å². The summed E-state index contributed by atoms with van der Waals surface area (Å²) in [6.45, 7) is 0. The highest BCUT2D eigenvalue weighted by molar-refractivity contribution is 5.96. The summed E-state index contributed by atoms with van der Waals surface area (Å²) in [6, 6.07) is 7.53. The van der Waals surface area contributed by atoms with Crippen LogP contribution in [0.5, 0.6) is 17.4 Å². The number of nitrogens with zero attached hydrogens (tertiary/aromatic N) is 5. The molecule has 2 heterocycles. The molecule has 2 aromatic heterocycles. The number of para-hydroxylation sites is 1. The van der Waals surface area contributed by atoms with Crippen molar-refractivity contribution in [2.45, 2.75) is 0 Å². The molecule has 0 unspecified atom stereocenters. The lowest BCUT2D eigenvalue weighted by molar-refractivity contribution is 0.0951. The monoisotopic (exact) mass is 352 g/mol. The van der Waals surface area contributed by atoms with Crippen molar-refractivity contribution in [1.82, 2.24) is 25.6 Å². The predicted molar refractivity (Wildman–Crippen MR) is 89.6 cm³/mol. The predicted octanol–water partition coefficient (Wildman–Crippen LogP) is 0.814. The van der Waals surface area contributed by atoms with E-state index in [1.165, 1.54) is 24.4 Å². The van der Waals surface area contributed by atoms with Crippen molar-refractivity contribution in [3.63, 3.8) is 0 Å². The summed E-state index contributed by atoms with van der Waals surface area (Å²) in [5, 5.41) is 40.1. The number of hydrogen-bond donors (Lipinski definition) is 4. The van der Waals surface area contributed by atoms with Crippen molar-refractivity contribution < 1.29 is 20.1 Å². The van der Waals surface area contributed by atoms with Gasteiger partial charge in [-0.05, 0) is 24.3 Å². The maximum atomic E-state index is 12.1. The van der Waals surface area contributed by atoms with Crippen LogP contribution in [0.15, 0.2) is 47.8 Å². The van der Waals surface area contributed by atoms with Crippen molar-refractivity contribution in [3.05, 3.63) is 53.9 Å². The van der Waals surface area contributed by atoms with Crippen LogP contribution in [0.3, 0.4) is 0 Å². The SMILES string of the molecule is O=C(NN=Cc1cccc(O)c1O)c1cnc(-c2cccnn2)nc1O. The highest BCUT2D eigenvalue weighted by atomic mass is 16.3. The van der Waals surface area contributed by atoms with E-state index in [0.717, 1.165) is 12.4 Å². The minimum atomic E-state index is -0.760. The van der Waals surface area contributed by atoms with Gasteiger partial charge in [-0.3, -0.25) is 4.79 Å². The summed E-state index contributed by atoms with van der Waals surface area (Å²) >= 11 is 0. The third-order valence-electron chi connectivity index (χ3n) is 3.23. The van der Waals surface area contributed by atoms with Crippen molar-refractivity contribution in [3.8, 4) is 28.9 Å². The van der Waals surface area contributed by atoms with E-state index in [1.54, 1.807) is 12.1 Å². The molecule has 0 spiro atoms. The van der Waals surface area contributed by atoms with E-state index in [0.29, 0.717) is 5.69 Å². The first-order valence-corrected chi connectivity index (χ1v) is 7.24. The minimum Gasteiger partial charge on any atom is -0.504 e. The Balaban J connectivity index is 1.74. The summed E-state index contributed by atoms with van der Waals surface area (Å²) in [4.78, 5) is 19.8. The highest BCUT2D eigenvalue weighted by Gasteiger charge is 2.15. The molecule has 0 atom stereocenters. The first-order chi connectivity index (χ1) is 12.6. The minimum absolute atomic E-state index is 0.111. The number of phenolic OH excluding ortho intramolecular Hbond substituents is 2.